The molecule has 16 heavy (non-hydrogen) atoms. The highest BCUT2D eigenvalue weighted by Gasteiger charge is 2.45. The fraction of sp³-hybridized carbons (Fsp3) is 0.600. The lowest BCUT2D eigenvalue weighted by molar-refractivity contribution is 0.0237. The summed E-state index contributed by atoms with van der Waals surface area (Å²) < 4.78 is 0. The number of fused-ring (bicyclic) bond motifs is 3. The first kappa shape index (κ1) is 10.3. The van der Waals surface area contributed by atoms with E-state index >= 15 is 0 Å². The van der Waals surface area contributed by atoms with Crippen molar-refractivity contribution in [2.45, 2.75) is 50.5 Å². The molecule has 2 aliphatic carbocycles. The van der Waals surface area contributed by atoms with Crippen LogP contribution in [0.15, 0.2) is 24.3 Å². The molecule has 1 aromatic rings. The molecule has 0 unspecified atom stereocenters. The van der Waals surface area contributed by atoms with Crippen LogP contribution in [-0.4, -0.2) is 11.2 Å². The molecule has 0 saturated heterocycles. The third-order valence-corrected chi connectivity index (χ3v) is 4.81. The van der Waals surface area contributed by atoms with Gasteiger partial charge in [-0.2, -0.15) is 0 Å². The molecule has 1 aromatic carbocycles. The third kappa shape index (κ3) is 1.34. The molecule has 1 nitrogen and oxygen atoms in total. The van der Waals surface area contributed by atoms with Gasteiger partial charge in [0.2, 0.25) is 0 Å². The second-order valence-electron chi connectivity index (χ2n) is 5.70. The van der Waals surface area contributed by atoms with Crippen LogP contribution in [0.2, 0.25) is 0 Å². The van der Waals surface area contributed by atoms with Crippen LogP contribution in [0.25, 0.3) is 0 Å². The van der Waals surface area contributed by atoms with Crippen LogP contribution < -0.4 is 0 Å². The first-order valence-corrected chi connectivity index (χ1v) is 6.48. The van der Waals surface area contributed by atoms with Crippen LogP contribution in [0.1, 0.15) is 43.7 Å². The van der Waals surface area contributed by atoms with E-state index in [1.54, 1.807) is 0 Å². The Bertz CT molecular complexity index is 398. The van der Waals surface area contributed by atoms with E-state index in [-0.39, 0.29) is 11.5 Å². The zero-order valence-corrected chi connectivity index (χ0v) is 9.95. The van der Waals surface area contributed by atoms with Crippen molar-refractivity contribution in [3.8, 4) is 0 Å². The van der Waals surface area contributed by atoms with Crippen molar-refractivity contribution in [1.82, 2.24) is 0 Å². The molecule has 1 fully saturated rings. The standard InChI is InChI=1S/C15H20O/c1-15-9-5-4-8-13(15)14(16)10-11-6-2-3-7-12(11)15/h2-3,6-7,13-14,16H,4-5,8-10H2,1H3/t13-,14+,15-/m1/s1. The van der Waals surface area contributed by atoms with Crippen molar-refractivity contribution in [3.05, 3.63) is 35.4 Å². The van der Waals surface area contributed by atoms with Crippen LogP contribution >= 0.6 is 0 Å². The molecule has 0 aliphatic heterocycles. The van der Waals surface area contributed by atoms with Gasteiger partial charge in [-0.3, -0.25) is 0 Å². The average molecular weight is 216 g/mol. The molecule has 3 atom stereocenters. The Balaban J connectivity index is 2.12. The van der Waals surface area contributed by atoms with Crippen LogP contribution in [0, 0.1) is 5.92 Å². The van der Waals surface area contributed by atoms with Gasteiger partial charge in [0.25, 0.3) is 0 Å². The Labute approximate surface area is 97.5 Å². The van der Waals surface area contributed by atoms with Crippen molar-refractivity contribution in [2.75, 3.05) is 0 Å². The Morgan fingerprint density at radius 3 is 2.94 bits per heavy atom. The average Bonchev–Trinajstić information content (AvgIpc) is 2.29. The van der Waals surface area contributed by atoms with Gasteiger partial charge in [0, 0.05) is 0 Å². The predicted molar refractivity (Wildman–Crippen MR) is 65.5 cm³/mol. The van der Waals surface area contributed by atoms with Crippen molar-refractivity contribution in [1.29, 1.82) is 0 Å². The minimum atomic E-state index is -0.125. The summed E-state index contributed by atoms with van der Waals surface area (Å²) in [6, 6.07) is 8.71. The van der Waals surface area contributed by atoms with Crippen LogP contribution in [0.4, 0.5) is 0 Å². The van der Waals surface area contributed by atoms with Gasteiger partial charge in [-0.25, -0.2) is 0 Å². The summed E-state index contributed by atoms with van der Waals surface area (Å²) in [5.41, 5.74) is 3.10. The Morgan fingerprint density at radius 1 is 1.25 bits per heavy atom. The lowest BCUT2D eigenvalue weighted by Gasteiger charge is -2.48. The highest BCUT2D eigenvalue weighted by atomic mass is 16.3. The van der Waals surface area contributed by atoms with E-state index in [2.05, 4.69) is 31.2 Å². The number of rotatable bonds is 0. The summed E-state index contributed by atoms with van der Waals surface area (Å²) >= 11 is 0. The lowest BCUT2D eigenvalue weighted by Crippen LogP contribution is -2.47. The Hall–Kier alpha value is -0.820. The molecule has 86 valence electrons. The number of hydrogen-bond acceptors (Lipinski definition) is 1. The van der Waals surface area contributed by atoms with Gasteiger partial charge in [-0.05, 0) is 41.7 Å². The van der Waals surface area contributed by atoms with Crippen molar-refractivity contribution < 1.29 is 5.11 Å². The molecular weight excluding hydrogens is 196 g/mol. The largest absolute Gasteiger partial charge is 0.392 e. The van der Waals surface area contributed by atoms with E-state index in [4.69, 9.17) is 0 Å². The highest BCUT2D eigenvalue weighted by Crippen LogP contribution is 2.49. The minimum absolute atomic E-state index is 0.125. The highest BCUT2D eigenvalue weighted by molar-refractivity contribution is 5.38. The van der Waals surface area contributed by atoms with Crippen LogP contribution in [0.3, 0.4) is 0 Å². The van der Waals surface area contributed by atoms with Gasteiger partial charge in [0.15, 0.2) is 0 Å². The molecular formula is C15H20O. The second kappa shape index (κ2) is 3.59. The van der Waals surface area contributed by atoms with Crippen molar-refractivity contribution in [3.63, 3.8) is 0 Å². The maximum Gasteiger partial charge on any atom is 0.0617 e. The summed E-state index contributed by atoms with van der Waals surface area (Å²) in [6.07, 6.45) is 5.78. The first-order valence-electron chi connectivity index (χ1n) is 6.48. The zero-order valence-electron chi connectivity index (χ0n) is 9.95. The van der Waals surface area contributed by atoms with Crippen molar-refractivity contribution in [2.24, 2.45) is 5.92 Å². The second-order valence-corrected chi connectivity index (χ2v) is 5.70. The van der Waals surface area contributed by atoms with Gasteiger partial charge in [-0.15, -0.1) is 0 Å². The maximum absolute atomic E-state index is 10.3. The molecule has 0 radical (unpaired) electrons. The van der Waals surface area contributed by atoms with E-state index in [1.807, 2.05) is 0 Å². The lowest BCUT2D eigenvalue weighted by atomic mass is 9.57. The minimum Gasteiger partial charge on any atom is -0.392 e. The number of aliphatic hydroxyl groups is 1. The van der Waals surface area contributed by atoms with Crippen LogP contribution in [0.5, 0.6) is 0 Å². The summed E-state index contributed by atoms with van der Waals surface area (Å²) in [6.45, 7) is 2.36. The fourth-order valence-electron chi connectivity index (χ4n) is 3.93. The van der Waals surface area contributed by atoms with E-state index in [9.17, 15) is 5.11 Å². The van der Waals surface area contributed by atoms with Gasteiger partial charge in [0.05, 0.1) is 6.10 Å². The molecule has 3 rings (SSSR count). The van der Waals surface area contributed by atoms with E-state index in [0.29, 0.717) is 5.92 Å². The SMILES string of the molecule is C[C@]12CCCC[C@@H]1[C@@H](O)Cc1ccccc12. The topological polar surface area (TPSA) is 20.2 Å². The molecule has 0 bridgehead atoms. The van der Waals surface area contributed by atoms with Crippen molar-refractivity contribution >= 4 is 0 Å². The van der Waals surface area contributed by atoms with Gasteiger partial charge in [-0.1, -0.05) is 44.0 Å². The summed E-state index contributed by atoms with van der Waals surface area (Å²) in [7, 11) is 0. The Morgan fingerprint density at radius 2 is 2.06 bits per heavy atom. The number of hydrogen-bond donors (Lipinski definition) is 1. The molecule has 0 heterocycles. The maximum atomic E-state index is 10.3. The fourth-order valence-corrected chi connectivity index (χ4v) is 3.93. The number of aliphatic hydroxyl groups excluding tert-OH is 1. The summed E-state index contributed by atoms with van der Waals surface area (Å²) in [5, 5.41) is 10.3. The molecule has 1 heteroatoms. The first-order chi connectivity index (χ1) is 7.72. The molecule has 0 aromatic heterocycles. The van der Waals surface area contributed by atoms with E-state index < -0.39 is 0 Å². The van der Waals surface area contributed by atoms with Gasteiger partial charge < -0.3 is 5.11 Å². The summed E-state index contributed by atoms with van der Waals surface area (Å²) in [5.74, 6) is 0.483. The Kier molecular flexibility index (Phi) is 2.32. The van der Waals surface area contributed by atoms with Crippen LogP contribution in [-0.2, 0) is 11.8 Å². The predicted octanol–water partition coefficient (Wildman–Crippen LogP) is 3.05. The monoisotopic (exact) mass is 216 g/mol. The van der Waals surface area contributed by atoms with Gasteiger partial charge >= 0.3 is 0 Å². The molecule has 0 spiro atoms. The quantitative estimate of drug-likeness (QED) is 0.706. The molecule has 1 saturated carbocycles. The molecule has 1 N–H and O–H groups in total. The van der Waals surface area contributed by atoms with Gasteiger partial charge in [0.1, 0.15) is 0 Å². The normalized spacial score (nSPS) is 37.6. The molecule has 0 amide bonds. The number of benzene rings is 1. The third-order valence-electron chi connectivity index (χ3n) is 4.81. The summed E-state index contributed by atoms with van der Waals surface area (Å²) in [4.78, 5) is 0. The van der Waals surface area contributed by atoms with E-state index in [0.717, 1.165) is 6.42 Å². The van der Waals surface area contributed by atoms with E-state index in [1.165, 1.54) is 36.8 Å². The smallest absolute Gasteiger partial charge is 0.0617 e. The molecule has 2 aliphatic rings. The zero-order chi connectivity index (χ0) is 11.2.